The Morgan fingerprint density at radius 1 is 1.50 bits per heavy atom. The summed E-state index contributed by atoms with van der Waals surface area (Å²) in [6.07, 6.45) is 3.96. The standard InChI is InChI=1S/C9H15ClO2/c1-3-4-5-6-8(2)9(11)12-7-10/h2-7H2,1H3. The smallest absolute Gasteiger partial charge is 0.334 e. The van der Waals surface area contributed by atoms with Crippen LogP contribution in [0.5, 0.6) is 0 Å². The molecule has 0 spiro atoms. The van der Waals surface area contributed by atoms with Gasteiger partial charge in [-0.1, -0.05) is 37.9 Å². The zero-order chi connectivity index (χ0) is 9.40. The molecule has 12 heavy (non-hydrogen) atoms. The lowest BCUT2D eigenvalue weighted by Crippen LogP contribution is -2.05. The first-order valence-corrected chi connectivity index (χ1v) is 4.66. The molecule has 0 heterocycles. The first kappa shape index (κ1) is 11.5. The van der Waals surface area contributed by atoms with Crippen LogP contribution in [-0.4, -0.2) is 12.0 Å². The zero-order valence-electron chi connectivity index (χ0n) is 7.44. The highest BCUT2D eigenvalue weighted by Crippen LogP contribution is 2.08. The first-order chi connectivity index (χ1) is 5.72. The molecule has 0 aliphatic heterocycles. The summed E-state index contributed by atoms with van der Waals surface area (Å²) in [4.78, 5) is 10.9. The Bertz CT molecular complexity index is 155. The van der Waals surface area contributed by atoms with Crippen LogP contribution in [0.3, 0.4) is 0 Å². The Morgan fingerprint density at radius 2 is 2.17 bits per heavy atom. The van der Waals surface area contributed by atoms with Gasteiger partial charge >= 0.3 is 5.97 Å². The SMILES string of the molecule is C=C(CCCCC)C(=O)OCCl. The van der Waals surface area contributed by atoms with E-state index in [2.05, 4.69) is 18.2 Å². The molecule has 0 atom stereocenters. The Morgan fingerprint density at radius 3 is 2.67 bits per heavy atom. The Labute approximate surface area is 78.5 Å². The van der Waals surface area contributed by atoms with Gasteiger partial charge in [0, 0.05) is 5.57 Å². The third-order valence-corrected chi connectivity index (χ3v) is 1.67. The van der Waals surface area contributed by atoms with Crippen molar-refractivity contribution >= 4 is 17.6 Å². The molecule has 0 aromatic heterocycles. The maximum atomic E-state index is 10.9. The molecule has 2 nitrogen and oxygen atoms in total. The fourth-order valence-corrected chi connectivity index (χ4v) is 0.941. The molecule has 0 N–H and O–H groups in total. The largest absolute Gasteiger partial charge is 0.446 e. The number of carbonyl (C=O) groups excluding carboxylic acids is 1. The highest BCUT2D eigenvalue weighted by Gasteiger charge is 2.06. The molecular weight excluding hydrogens is 176 g/mol. The predicted octanol–water partition coefficient (Wildman–Crippen LogP) is 2.86. The van der Waals surface area contributed by atoms with E-state index in [0.29, 0.717) is 12.0 Å². The van der Waals surface area contributed by atoms with Gasteiger partial charge < -0.3 is 4.74 Å². The lowest BCUT2D eigenvalue weighted by atomic mass is 10.1. The van der Waals surface area contributed by atoms with Crippen molar-refractivity contribution in [1.29, 1.82) is 0 Å². The van der Waals surface area contributed by atoms with E-state index in [1.54, 1.807) is 0 Å². The number of alkyl halides is 1. The second-order valence-corrected chi connectivity index (χ2v) is 2.82. The summed E-state index contributed by atoms with van der Waals surface area (Å²) in [7, 11) is 0. The summed E-state index contributed by atoms with van der Waals surface area (Å²) < 4.78 is 4.56. The van der Waals surface area contributed by atoms with Gasteiger partial charge in [-0.05, 0) is 12.8 Å². The summed E-state index contributed by atoms with van der Waals surface area (Å²) in [6, 6.07) is -0.0916. The fraction of sp³-hybridized carbons (Fsp3) is 0.667. The quantitative estimate of drug-likeness (QED) is 0.279. The van der Waals surface area contributed by atoms with E-state index < -0.39 is 0 Å². The minimum atomic E-state index is -0.374. The number of ether oxygens (including phenoxy) is 1. The second-order valence-electron chi connectivity index (χ2n) is 2.60. The lowest BCUT2D eigenvalue weighted by Gasteiger charge is -2.02. The fourth-order valence-electron chi connectivity index (χ4n) is 0.842. The molecule has 0 bridgehead atoms. The van der Waals surface area contributed by atoms with E-state index in [9.17, 15) is 4.79 Å². The van der Waals surface area contributed by atoms with Gasteiger partial charge in [-0.15, -0.1) is 0 Å². The van der Waals surface area contributed by atoms with Gasteiger partial charge in [0.05, 0.1) is 0 Å². The number of carbonyl (C=O) groups is 1. The van der Waals surface area contributed by atoms with Crippen LogP contribution in [0.25, 0.3) is 0 Å². The second kappa shape index (κ2) is 7.17. The molecule has 0 unspecified atom stereocenters. The molecular formula is C9H15ClO2. The van der Waals surface area contributed by atoms with Gasteiger partial charge in [0.25, 0.3) is 0 Å². The number of halogens is 1. The van der Waals surface area contributed by atoms with E-state index in [1.807, 2.05) is 0 Å². The van der Waals surface area contributed by atoms with Crippen molar-refractivity contribution in [3.05, 3.63) is 12.2 Å². The van der Waals surface area contributed by atoms with Gasteiger partial charge in [0.2, 0.25) is 0 Å². The first-order valence-electron chi connectivity index (χ1n) is 4.13. The molecule has 0 radical (unpaired) electrons. The van der Waals surface area contributed by atoms with Crippen molar-refractivity contribution in [2.45, 2.75) is 32.6 Å². The van der Waals surface area contributed by atoms with Crippen LogP contribution >= 0.6 is 11.6 Å². The minimum absolute atomic E-state index is 0.0916. The summed E-state index contributed by atoms with van der Waals surface area (Å²) in [6.45, 7) is 5.72. The zero-order valence-corrected chi connectivity index (χ0v) is 8.19. The van der Waals surface area contributed by atoms with Crippen LogP contribution in [0.15, 0.2) is 12.2 Å². The number of rotatable bonds is 6. The topological polar surface area (TPSA) is 26.3 Å². The van der Waals surface area contributed by atoms with Crippen LogP contribution in [0.4, 0.5) is 0 Å². The summed E-state index contributed by atoms with van der Waals surface area (Å²) in [5, 5.41) is 0. The maximum Gasteiger partial charge on any atom is 0.334 e. The molecule has 3 heteroatoms. The summed E-state index contributed by atoms with van der Waals surface area (Å²) in [5.41, 5.74) is 0.518. The van der Waals surface area contributed by atoms with Crippen molar-refractivity contribution in [2.75, 3.05) is 6.07 Å². The molecule has 0 aliphatic rings. The summed E-state index contributed by atoms with van der Waals surface area (Å²) in [5.74, 6) is -0.374. The highest BCUT2D eigenvalue weighted by molar-refractivity contribution is 6.17. The van der Waals surface area contributed by atoms with Crippen molar-refractivity contribution in [1.82, 2.24) is 0 Å². The van der Waals surface area contributed by atoms with Crippen LogP contribution < -0.4 is 0 Å². The molecule has 0 aromatic carbocycles. The minimum Gasteiger partial charge on any atom is -0.446 e. The average molecular weight is 191 g/mol. The molecule has 0 saturated carbocycles. The normalized spacial score (nSPS) is 9.50. The van der Waals surface area contributed by atoms with E-state index in [-0.39, 0.29) is 12.0 Å². The monoisotopic (exact) mass is 190 g/mol. The van der Waals surface area contributed by atoms with Crippen molar-refractivity contribution < 1.29 is 9.53 Å². The number of unbranched alkanes of at least 4 members (excludes halogenated alkanes) is 2. The van der Waals surface area contributed by atoms with Crippen LogP contribution in [0.2, 0.25) is 0 Å². The van der Waals surface area contributed by atoms with Crippen LogP contribution in [-0.2, 0) is 9.53 Å². The van der Waals surface area contributed by atoms with Gasteiger partial charge in [-0.2, -0.15) is 0 Å². The Kier molecular flexibility index (Phi) is 6.87. The molecule has 0 amide bonds. The molecule has 70 valence electrons. The molecule has 0 fully saturated rings. The van der Waals surface area contributed by atoms with Gasteiger partial charge in [0.15, 0.2) is 6.07 Å². The molecule has 0 rings (SSSR count). The van der Waals surface area contributed by atoms with Crippen molar-refractivity contribution in [2.24, 2.45) is 0 Å². The molecule has 0 saturated heterocycles. The number of hydrogen-bond donors (Lipinski definition) is 0. The third-order valence-electron chi connectivity index (χ3n) is 1.56. The van der Waals surface area contributed by atoms with Crippen LogP contribution in [0, 0.1) is 0 Å². The number of esters is 1. The van der Waals surface area contributed by atoms with Gasteiger partial charge in [0.1, 0.15) is 0 Å². The third kappa shape index (κ3) is 5.19. The lowest BCUT2D eigenvalue weighted by molar-refractivity contribution is -0.137. The molecule has 0 aromatic rings. The van der Waals surface area contributed by atoms with Crippen molar-refractivity contribution in [3.8, 4) is 0 Å². The Balaban J connectivity index is 3.50. The molecule has 0 aliphatic carbocycles. The summed E-state index contributed by atoms with van der Waals surface area (Å²) >= 11 is 5.22. The predicted molar refractivity (Wildman–Crippen MR) is 50.1 cm³/mol. The van der Waals surface area contributed by atoms with Gasteiger partial charge in [-0.25, -0.2) is 4.79 Å². The van der Waals surface area contributed by atoms with E-state index in [0.717, 1.165) is 19.3 Å². The van der Waals surface area contributed by atoms with E-state index >= 15 is 0 Å². The van der Waals surface area contributed by atoms with E-state index in [4.69, 9.17) is 11.6 Å². The van der Waals surface area contributed by atoms with E-state index in [1.165, 1.54) is 0 Å². The van der Waals surface area contributed by atoms with Crippen molar-refractivity contribution in [3.63, 3.8) is 0 Å². The Hall–Kier alpha value is -0.500. The number of hydrogen-bond acceptors (Lipinski definition) is 2. The maximum absolute atomic E-state index is 10.9. The van der Waals surface area contributed by atoms with Gasteiger partial charge in [-0.3, -0.25) is 0 Å². The highest BCUT2D eigenvalue weighted by atomic mass is 35.5. The average Bonchev–Trinajstić information content (AvgIpc) is 2.05. The van der Waals surface area contributed by atoms with Crippen LogP contribution in [0.1, 0.15) is 32.6 Å².